The summed E-state index contributed by atoms with van der Waals surface area (Å²) in [5.74, 6) is 0.425. The van der Waals surface area contributed by atoms with Gasteiger partial charge < -0.3 is 19.7 Å². The van der Waals surface area contributed by atoms with Crippen LogP contribution in [0, 0.1) is 0 Å². The van der Waals surface area contributed by atoms with Crippen LogP contribution in [-0.2, 0) is 11.2 Å². The van der Waals surface area contributed by atoms with Crippen molar-refractivity contribution >= 4 is 17.5 Å². The molecule has 0 aromatic heterocycles. The topological polar surface area (TPSA) is 67.9 Å². The molecular formula is C26H26N2O4. The van der Waals surface area contributed by atoms with E-state index < -0.39 is 0 Å². The second-order valence-corrected chi connectivity index (χ2v) is 7.55. The van der Waals surface area contributed by atoms with Gasteiger partial charge in [-0.15, -0.1) is 0 Å². The zero-order valence-corrected chi connectivity index (χ0v) is 17.8. The molecule has 4 rings (SSSR count). The first-order valence-corrected chi connectivity index (χ1v) is 10.7. The number of carbonyl (C=O) groups is 2. The third-order valence-corrected chi connectivity index (χ3v) is 5.28. The number of nitrogens with one attached hydrogen (secondary N) is 1. The van der Waals surface area contributed by atoms with Gasteiger partial charge in [-0.1, -0.05) is 36.4 Å². The van der Waals surface area contributed by atoms with Crippen molar-refractivity contribution in [3.8, 4) is 5.75 Å². The average Bonchev–Trinajstić information content (AvgIpc) is 2.85. The second kappa shape index (κ2) is 10.6. The molecule has 1 aliphatic rings. The predicted octanol–water partition coefficient (Wildman–Crippen LogP) is 4.03. The molecule has 0 bridgehead atoms. The predicted molar refractivity (Wildman–Crippen MR) is 123 cm³/mol. The Hall–Kier alpha value is -3.64. The molecular weight excluding hydrogens is 404 g/mol. The van der Waals surface area contributed by atoms with E-state index in [2.05, 4.69) is 17.4 Å². The van der Waals surface area contributed by atoms with Crippen molar-refractivity contribution in [2.45, 2.75) is 6.42 Å². The van der Waals surface area contributed by atoms with Crippen molar-refractivity contribution in [1.29, 1.82) is 0 Å². The number of benzene rings is 3. The standard InChI is InChI=1S/C26H26N2O4/c29-25(21-9-11-24(12-10-21)32-16-13-20-5-2-1-3-6-20)27-23-8-4-7-22(19-23)26(30)28-14-17-31-18-15-28/h1-12,19H,13-18H2,(H,27,29). The van der Waals surface area contributed by atoms with Crippen molar-refractivity contribution in [3.63, 3.8) is 0 Å². The number of hydrogen-bond acceptors (Lipinski definition) is 4. The van der Waals surface area contributed by atoms with E-state index in [4.69, 9.17) is 9.47 Å². The van der Waals surface area contributed by atoms with E-state index in [0.717, 1.165) is 12.2 Å². The number of amides is 2. The van der Waals surface area contributed by atoms with Crippen LogP contribution in [0.15, 0.2) is 78.9 Å². The van der Waals surface area contributed by atoms with E-state index >= 15 is 0 Å². The summed E-state index contributed by atoms with van der Waals surface area (Å²) >= 11 is 0. The summed E-state index contributed by atoms with van der Waals surface area (Å²) in [5, 5.41) is 2.87. The maximum absolute atomic E-state index is 12.7. The average molecular weight is 431 g/mol. The smallest absolute Gasteiger partial charge is 0.255 e. The van der Waals surface area contributed by atoms with E-state index in [1.165, 1.54) is 5.56 Å². The lowest BCUT2D eigenvalue weighted by Crippen LogP contribution is -2.40. The highest BCUT2D eigenvalue weighted by molar-refractivity contribution is 6.05. The summed E-state index contributed by atoms with van der Waals surface area (Å²) < 4.78 is 11.1. The molecule has 3 aromatic carbocycles. The molecule has 0 aliphatic carbocycles. The fraction of sp³-hybridized carbons (Fsp3) is 0.231. The molecule has 1 N–H and O–H groups in total. The van der Waals surface area contributed by atoms with Gasteiger partial charge in [0.1, 0.15) is 5.75 Å². The van der Waals surface area contributed by atoms with Crippen LogP contribution in [0.1, 0.15) is 26.3 Å². The van der Waals surface area contributed by atoms with Crippen molar-refractivity contribution in [1.82, 2.24) is 4.90 Å². The van der Waals surface area contributed by atoms with E-state index in [1.54, 1.807) is 53.4 Å². The maximum Gasteiger partial charge on any atom is 0.255 e. The molecule has 164 valence electrons. The monoisotopic (exact) mass is 430 g/mol. The van der Waals surface area contributed by atoms with Gasteiger partial charge >= 0.3 is 0 Å². The van der Waals surface area contributed by atoms with Crippen LogP contribution >= 0.6 is 0 Å². The fourth-order valence-electron chi connectivity index (χ4n) is 3.52. The summed E-state index contributed by atoms with van der Waals surface area (Å²) in [6, 6.07) is 24.2. The minimum Gasteiger partial charge on any atom is -0.493 e. The van der Waals surface area contributed by atoms with Gasteiger partial charge in [0.05, 0.1) is 19.8 Å². The quantitative estimate of drug-likeness (QED) is 0.615. The molecule has 6 heteroatoms. The summed E-state index contributed by atoms with van der Waals surface area (Å²) in [6.45, 7) is 2.83. The molecule has 1 fully saturated rings. The maximum atomic E-state index is 12.7. The number of nitrogens with zero attached hydrogens (tertiary/aromatic N) is 1. The minimum atomic E-state index is -0.239. The molecule has 2 amide bonds. The van der Waals surface area contributed by atoms with Gasteiger partial charge in [0.2, 0.25) is 0 Å². The van der Waals surface area contributed by atoms with Crippen LogP contribution in [-0.4, -0.2) is 49.6 Å². The van der Waals surface area contributed by atoms with E-state index in [-0.39, 0.29) is 11.8 Å². The molecule has 6 nitrogen and oxygen atoms in total. The lowest BCUT2D eigenvalue weighted by Gasteiger charge is -2.27. The van der Waals surface area contributed by atoms with Crippen LogP contribution in [0.25, 0.3) is 0 Å². The molecule has 1 saturated heterocycles. The molecule has 32 heavy (non-hydrogen) atoms. The van der Waals surface area contributed by atoms with Gasteiger partial charge in [0.15, 0.2) is 0 Å². The summed E-state index contributed by atoms with van der Waals surface area (Å²) in [7, 11) is 0. The molecule has 3 aromatic rings. The first kappa shape index (κ1) is 21.6. The van der Waals surface area contributed by atoms with Crippen LogP contribution in [0.3, 0.4) is 0 Å². The van der Waals surface area contributed by atoms with Crippen LogP contribution in [0.5, 0.6) is 5.75 Å². The van der Waals surface area contributed by atoms with Crippen molar-refractivity contribution in [2.24, 2.45) is 0 Å². The first-order valence-electron chi connectivity index (χ1n) is 10.7. The Morgan fingerprint density at radius 2 is 1.62 bits per heavy atom. The largest absolute Gasteiger partial charge is 0.493 e. The molecule has 0 atom stereocenters. The van der Waals surface area contributed by atoms with Crippen LogP contribution in [0.4, 0.5) is 5.69 Å². The van der Waals surface area contributed by atoms with Gasteiger partial charge in [-0.2, -0.15) is 0 Å². The number of ether oxygens (including phenoxy) is 2. The Labute approximate surface area is 187 Å². The van der Waals surface area contributed by atoms with Crippen molar-refractivity contribution in [3.05, 3.63) is 95.6 Å². The normalized spacial score (nSPS) is 13.4. The van der Waals surface area contributed by atoms with Gasteiger partial charge in [-0.3, -0.25) is 9.59 Å². The Morgan fingerprint density at radius 1 is 0.875 bits per heavy atom. The second-order valence-electron chi connectivity index (χ2n) is 7.55. The number of rotatable bonds is 7. The molecule has 1 heterocycles. The Kier molecular flexibility index (Phi) is 7.15. The zero-order chi connectivity index (χ0) is 22.2. The summed E-state index contributed by atoms with van der Waals surface area (Å²) in [4.78, 5) is 27.1. The van der Waals surface area contributed by atoms with E-state index in [9.17, 15) is 9.59 Å². The number of carbonyl (C=O) groups excluding carboxylic acids is 2. The van der Waals surface area contributed by atoms with Gasteiger partial charge in [-0.05, 0) is 48.0 Å². The molecule has 0 saturated carbocycles. The Balaban J connectivity index is 1.32. The molecule has 0 radical (unpaired) electrons. The molecule has 1 aliphatic heterocycles. The molecule has 0 spiro atoms. The van der Waals surface area contributed by atoms with Crippen LogP contribution < -0.4 is 10.1 Å². The zero-order valence-electron chi connectivity index (χ0n) is 17.8. The van der Waals surface area contributed by atoms with Crippen molar-refractivity contribution in [2.75, 3.05) is 38.2 Å². The first-order chi connectivity index (χ1) is 15.7. The van der Waals surface area contributed by atoms with E-state index in [1.807, 2.05) is 18.2 Å². The molecule has 0 unspecified atom stereocenters. The fourth-order valence-corrected chi connectivity index (χ4v) is 3.52. The SMILES string of the molecule is O=C(Nc1cccc(C(=O)N2CCOCC2)c1)c1ccc(OCCc2ccccc2)cc1. The summed E-state index contributed by atoms with van der Waals surface area (Å²) in [6.07, 6.45) is 0.822. The van der Waals surface area contributed by atoms with Gasteiger partial charge in [-0.25, -0.2) is 0 Å². The van der Waals surface area contributed by atoms with Crippen molar-refractivity contribution < 1.29 is 19.1 Å². The summed E-state index contributed by atoms with van der Waals surface area (Å²) in [5.41, 5.74) is 2.87. The third kappa shape index (κ3) is 5.74. The highest BCUT2D eigenvalue weighted by Gasteiger charge is 2.19. The highest BCUT2D eigenvalue weighted by Crippen LogP contribution is 2.17. The van der Waals surface area contributed by atoms with Gasteiger partial charge in [0, 0.05) is 36.3 Å². The van der Waals surface area contributed by atoms with E-state index in [0.29, 0.717) is 49.7 Å². The lowest BCUT2D eigenvalue weighted by molar-refractivity contribution is 0.0303. The lowest BCUT2D eigenvalue weighted by atomic mass is 10.1. The highest BCUT2D eigenvalue weighted by atomic mass is 16.5. The number of hydrogen-bond donors (Lipinski definition) is 1. The minimum absolute atomic E-state index is 0.0543. The number of anilines is 1. The van der Waals surface area contributed by atoms with Crippen LogP contribution in [0.2, 0.25) is 0 Å². The van der Waals surface area contributed by atoms with Gasteiger partial charge in [0.25, 0.3) is 11.8 Å². The number of morpholine rings is 1. The Bertz CT molecular complexity index is 1040. The third-order valence-electron chi connectivity index (χ3n) is 5.28. The Morgan fingerprint density at radius 3 is 2.38 bits per heavy atom.